The second kappa shape index (κ2) is 9.39. The van der Waals surface area contributed by atoms with E-state index in [1.165, 1.54) is 12.7 Å². The highest BCUT2D eigenvalue weighted by atomic mass is 32.2. The van der Waals surface area contributed by atoms with E-state index < -0.39 is 32.7 Å². The minimum Gasteiger partial charge on any atom is -0.495 e. The molecule has 4 rings (SSSR count). The topological polar surface area (TPSA) is 157 Å². The number of aromatic nitrogens is 2. The van der Waals surface area contributed by atoms with Crippen molar-refractivity contribution in [3.8, 4) is 5.75 Å². The van der Waals surface area contributed by atoms with Gasteiger partial charge in [-0.2, -0.15) is 4.72 Å². The van der Waals surface area contributed by atoms with Crippen molar-refractivity contribution in [2.24, 2.45) is 0 Å². The zero-order valence-electron chi connectivity index (χ0n) is 18.6. The number of rotatable bonds is 8. The van der Waals surface area contributed by atoms with Crippen molar-refractivity contribution < 1.29 is 22.5 Å². The van der Waals surface area contributed by atoms with E-state index in [1.807, 2.05) is 19.1 Å². The molecule has 0 fully saturated rings. The molecule has 2 N–H and O–H groups in total. The summed E-state index contributed by atoms with van der Waals surface area (Å²) < 4.78 is 39.6. The van der Waals surface area contributed by atoms with E-state index in [0.717, 1.165) is 55.0 Å². The molecule has 2 unspecified atom stereocenters. The van der Waals surface area contributed by atoms with Gasteiger partial charge in [-0.15, -0.1) is 5.10 Å². The van der Waals surface area contributed by atoms with Gasteiger partial charge in [0.05, 0.1) is 18.1 Å². The predicted molar refractivity (Wildman–Crippen MR) is 121 cm³/mol. The van der Waals surface area contributed by atoms with Crippen LogP contribution in [0, 0.1) is 10.1 Å². The average Bonchev–Trinajstić information content (AvgIpc) is 3.27. The van der Waals surface area contributed by atoms with Crippen molar-refractivity contribution in [3.63, 3.8) is 0 Å². The van der Waals surface area contributed by atoms with Gasteiger partial charge in [0.15, 0.2) is 0 Å². The molecule has 34 heavy (non-hydrogen) atoms. The number of aromatic amines is 1. The second-order valence-electron chi connectivity index (χ2n) is 8.12. The maximum atomic E-state index is 13.4. The number of benzene rings is 2. The van der Waals surface area contributed by atoms with Crippen LogP contribution in [0.15, 0.2) is 50.5 Å². The van der Waals surface area contributed by atoms with Crippen molar-refractivity contribution in [1.29, 1.82) is 0 Å². The van der Waals surface area contributed by atoms with Gasteiger partial charge in [-0.05, 0) is 48.4 Å². The van der Waals surface area contributed by atoms with Crippen LogP contribution in [0.5, 0.6) is 5.75 Å². The number of sulfonamides is 1. The van der Waals surface area contributed by atoms with E-state index in [9.17, 15) is 23.3 Å². The van der Waals surface area contributed by atoms with Crippen molar-refractivity contribution in [2.45, 2.75) is 49.5 Å². The van der Waals surface area contributed by atoms with Gasteiger partial charge in [-0.1, -0.05) is 25.1 Å². The summed E-state index contributed by atoms with van der Waals surface area (Å²) in [5.74, 6) is -1.56. The van der Waals surface area contributed by atoms with Gasteiger partial charge in [0.1, 0.15) is 16.7 Å². The Balaban J connectivity index is 1.76. The van der Waals surface area contributed by atoms with Crippen LogP contribution in [0.3, 0.4) is 0 Å². The molecule has 1 aromatic heterocycles. The van der Waals surface area contributed by atoms with E-state index >= 15 is 0 Å². The number of nitrogens with zero attached hydrogens (tertiary/aromatic N) is 2. The summed E-state index contributed by atoms with van der Waals surface area (Å²) in [6.45, 7) is 1.83. The summed E-state index contributed by atoms with van der Waals surface area (Å²) in [4.78, 5) is 21.8. The van der Waals surface area contributed by atoms with Crippen molar-refractivity contribution in [3.05, 3.63) is 79.6 Å². The highest BCUT2D eigenvalue weighted by Gasteiger charge is 2.34. The van der Waals surface area contributed by atoms with Crippen LogP contribution in [0.25, 0.3) is 0 Å². The molecule has 1 aliphatic rings. The molecule has 2 atom stereocenters. The number of hydrogen-bond acceptors (Lipinski definition) is 8. The monoisotopic (exact) mass is 488 g/mol. The number of nitro groups is 1. The van der Waals surface area contributed by atoms with Crippen LogP contribution in [0.1, 0.15) is 54.3 Å². The minimum atomic E-state index is -4.27. The lowest BCUT2D eigenvalue weighted by Crippen LogP contribution is -2.33. The first-order valence-electron chi connectivity index (χ1n) is 10.7. The Kier molecular flexibility index (Phi) is 6.53. The molecule has 0 spiro atoms. The van der Waals surface area contributed by atoms with Crippen LogP contribution < -0.4 is 15.2 Å². The van der Waals surface area contributed by atoms with E-state index in [1.54, 1.807) is 0 Å². The Bertz CT molecular complexity index is 1380. The third kappa shape index (κ3) is 4.59. The third-order valence-electron chi connectivity index (χ3n) is 6.07. The number of ether oxygens (including phenoxy) is 1. The molecule has 1 aliphatic carbocycles. The zero-order valence-corrected chi connectivity index (χ0v) is 19.4. The molecule has 3 aromatic rings. The summed E-state index contributed by atoms with van der Waals surface area (Å²) in [6, 6.07) is 8.13. The highest BCUT2D eigenvalue weighted by Crippen LogP contribution is 2.37. The Morgan fingerprint density at radius 3 is 2.68 bits per heavy atom. The van der Waals surface area contributed by atoms with Gasteiger partial charge >= 0.3 is 5.76 Å². The summed E-state index contributed by atoms with van der Waals surface area (Å²) in [5.41, 5.74) is 3.01. The SMILES string of the molecule is COc1cc([N+](=O)[O-])ccc1S(=O)(=O)NC(c1n[nH]c(=O)o1)C(C)c1cccc2c1CCCC2. The zero-order chi connectivity index (χ0) is 24.5. The smallest absolute Gasteiger partial charge is 0.434 e. The largest absolute Gasteiger partial charge is 0.495 e. The third-order valence-corrected chi connectivity index (χ3v) is 7.55. The number of non-ortho nitro benzene ring substituents is 1. The Labute approximate surface area is 195 Å². The minimum absolute atomic E-state index is 0.115. The van der Waals surface area contributed by atoms with E-state index in [2.05, 4.69) is 21.0 Å². The summed E-state index contributed by atoms with van der Waals surface area (Å²) in [6.07, 6.45) is 3.94. The van der Waals surface area contributed by atoms with Crippen LogP contribution in [-0.4, -0.2) is 30.6 Å². The predicted octanol–water partition coefficient (Wildman–Crippen LogP) is 2.98. The van der Waals surface area contributed by atoms with Gasteiger partial charge in [-0.25, -0.2) is 18.3 Å². The van der Waals surface area contributed by atoms with E-state index in [-0.39, 0.29) is 22.2 Å². The van der Waals surface area contributed by atoms with Gasteiger partial charge in [0.2, 0.25) is 15.9 Å². The van der Waals surface area contributed by atoms with Crippen LogP contribution in [0.2, 0.25) is 0 Å². The number of aryl methyl sites for hydroxylation is 1. The molecule has 11 nitrogen and oxygen atoms in total. The normalized spacial score (nSPS) is 15.4. The number of fused-ring (bicyclic) bond motifs is 1. The van der Waals surface area contributed by atoms with E-state index in [4.69, 9.17) is 9.15 Å². The number of nitro benzene ring substituents is 1. The quantitative estimate of drug-likeness (QED) is 0.362. The Morgan fingerprint density at radius 1 is 1.24 bits per heavy atom. The van der Waals surface area contributed by atoms with Crippen LogP contribution in [-0.2, 0) is 22.9 Å². The summed E-state index contributed by atoms with van der Waals surface area (Å²) in [5, 5.41) is 17.1. The first kappa shape index (κ1) is 23.6. The maximum absolute atomic E-state index is 13.4. The molecular formula is C22H24N4O7S. The lowest BCUT2D eigenvalue weighted by atomic mass is 9.82. The first-order chi connectivity index (χ1) is 16.2. The van der Waals surface area contributed by atoms with Crippen molar-refractivity contribution in [1.82, 2.24) is 14.9 Å². The molecule has 0 saturated heterocycles. The molecule has 12 heteroatoms. The lowest BCUT2D eigenvalue weighted by Gasteiger charge is -2.27. The number of methoxy groups -OCH3 is 1. The first-order valence-corrected chi connectivity index (χ1v) is 12.2. The molecule has 2 aromatic carbocycles. The van der Waals surface area contributed by atoms with Gasteiger partial charge in [0, 0.05) is 12.0 Å². The number of nitrogens with one attached hydrogen (secondary N) is 2. The fourth-order valence-corrected chi connectivity index (χ4v) is 5.80. The lowest BCUT2D eigenvalue weighted by molar-refractivity contribution is -0.385. The summed E-state index contributed by atoms with van der Waals surface area (Å²) in [7, 11) is -3.05. The van der Waals surface area contributed by atoms with Crippen LogP contribution in [0.4, 0.5) is 5.69 Å². The molecular weight excluding hydrogens is 464 g/mol. The molecule has 0 bridgehead atoms. The van der Waals surface area contributed by atoms with Crippen molar-refractivity contribution >= 4 is 15.7 Å². The van der Waals surface area contributed by atoms with Crippen molar-refractivity contribution in [2.75, 3.05) is 7.11 Å². The Hall–Kier alpha value is -3.51. The molecule has 0 aliphatic heterocycles. The molecule has 0 radical (unpaired) electrons. The maximum Gasteiger partial charge on any atom is 0.434 e. The van der Waals surface area contributed by atoms with Gasteiger partial charge < -0.3 is 9.15 Å². The average molecular weight is 489 g/mol. The van der Waals surface area contributed by atoms with E-state index in [0.29, 0.717) is 0 Å². The van der Waals surface area contributed by atoms with Gasteiger partial charge in [-0.3, -0.25) is 10.1 Å². The molecule has 0 saturated carbocycles. The van der Waals surface area contributed by atoms with Crippen LogP contribution >= 0.6 is 0 Å². The highest BCUT2D eigenvalue weighted by molar-refractivity contribution is 7.89. The standard InChI is InChI=1S/C22H24N4O7S/c1-13(16-9-5-7-14-6-3-4-8-17(14)16)20(21-23-24-22(27)33-21)25-34(30,31)19-11-10-15(26(28)29)12-18(19)32-2/h5,7,9-13,20,25H,3-4,6,8H2,1-2H3,(H,24,27). The molecule has 1 heterocycles. The fraction of sp³-hybridized carbons (Fsp3) is 0.364. The fourth-order valence-electron chi connectivity index (χ4n) is 4.38. The van der Waals surface area contributed by atoms with Gasteiger partial charge in [0.25, 0.3) is 5.69 Å². The number of H-pyrrole nitrogens is 1. The second-order valence-corrected chi connectivity index (χ2v) is 9.81. The Morgan fingerprint density at radius 2 is 2.00 bits per heavy atom. The molecule has 180 valence electrons. The summed E-state index contributed by atoms with van der Waals surface area (Å²) >= 11 is 0. The molecule has 0 amide bonds. The number of hydrogen-bond donors (Lipinski definition) is 2.